The molecule has 98 valence electrons. The maximum Gasteiger partial charge on any atom is 0.226 e. The molecule has 5 heteroatoms. The van der Waals surface area contributed by atoms with Crippen molar-refractivity contribution < 1.29 is 14.3 Å². The number of hydrogen-bond donors (Lipinski definition) is 1. The van der Waals surface area contributed by atoms with E-state index >= 15 is 0 Å². The number of carbonyl (C=O) groups is 1. The van der Waals surface area contributed by atoms with E-state index < -0.39 is 0 Å². The third kappa shape index (κ3) is 4.43. The van der Waals surface area contributed by atoms with Gasteiger partial charge in [-0.1, -0.05) is 0 Å². The number of nitrogens with zero attached hydrogens (tertiary/aromatic N) is 1. The van der Waals surface area contributed by atoms with E-state index in [-0.39, 0.29) is 12.0 Å². The van der Waals surface area contributed by atoms with Gasteiger partial charge in [-0.25, -0.2) is 0 Å². The first-order valence-electron chi connectivity index (χ1n) is 6.24. The van der Waals surface area contributed by atoms with E-state index in [4.69, 9.17) is 9.47 Å². The zero-order valence-electron chi connectivity index (χ0n) is 10.3. The van der Waals surface area contributed by atoms with Crippen LogP contribution < -0.4 is 5.32 Å². The van der Waals surface area contributed by atoms with Gasteiger partial charge in [-0.15, -0.1) is 0 Å². The molecule has 1 aliphatic rings. The highest BCUT2D eigenvalue weighted by Crippen LogP contribution is 2.12. The minimum Gasteiger partial charge on any atom is -0.378 e. The van der Waals surface area contributed by atoms with Crippen molar-refractivity contribution in [3.05, 3.63) is 24.5 Å². The summed E-state index contributed by atoms with van der Waals surface area (Å²) in [6, 6.07) is 3.58. The number of carbonyl (C=O) groups excluding carboxylic acids is 1. The van der Waals surface area contributed by atoms with Gasteiger partial charge in [0.15, 0.2) is 0 Å². The smallest absolute Gasteiger partial charge is 0.226 e. The SMILES string of the molecule is O=C(CCOC[C@@H]1CCCO1)Nc1cccnc1. The average molecular weight is 250 g/mol. The molecule has 1 aliphatic heterocycles. The highest BCUT2D eigenvalue weighted by molar-refractivity contribution is 5.90. The predicted molar refractivity (Wildman–Crippen MR) is 67.3 cm³/mol. The van der Waals surface area contributed by atoms with Crippen LogP contribution in [0.1, 0.15) is 19.3 Å². The van der Waals surface area contributed by atoms with E-state index in [2.05, 4.69) is 10.3 Å². The number of nitrogens with one attached hydrogen (secondary N) is 1. The Morgan fingerprint density at radius 3 is 3.28 bits per heavy atom. The Bertz CT molecular complexity index is 364. The van der Waals surface area contributed by atoms with Gasteiger partial charge in [0.25, 0.3) is 0 Å². The molecule has 1 saturated heterocycles. The van der Waals surface area contributed by atoms with Crippen LogP contribution in [0.5, 0.6) is 0 Å². The summed E-state index contributed by atoms with van der Waals surface area (Å²) < 4.78 is 10.8. The molecule has 1 fully saturated rings. The molecule has 0 spiro atoms. The van der Waals surface area contributed by atoms with E-state index in [0.717, 1.165) is 19.4 Å². The summed E-state index contributed by atoms with van der Waals surface area (Å²) in [6.07, 6.45) is 6.01. The molecule has 18 heavy (non-hydrogen) atoms. The van der Waals surface area contributed by atoms with Gasteiger partial charge in [0.1, 0.15) is 0 Å². The fourth-order valence-corrected chi connectivity index (χ4v) is 1.82. The molecule has 1 aromatic heterocycles. The van der Waals surface area contributed by atoms with Crippen molar-refractivity contribution in [1.29, 1.82) is 0 Å². The first-order chi connectivity index (χ1) is 8.84. The van der Waals surface area contributed by atoms with Crippen molar-refractivity contribution in [3.8, 4) is 0 Å². The maximum absolute atomic E-state index is 11.6. The van der Waals surface area contributed by atoms with E-state index in [1.54, 1.807) is 24.5 Å². The van der Waals surface area contributed by atoms with Gasteiger partial charge < -0.3 is 14.8 Å². The van der Waals surface area contributed by atoms with Crippen molar-refractivity contribution >= 4 is 11.6 Å². The highest BCUT2D eigenvalue weighted by Gasteiger charge is 2.15. The van der Waals surface area contributed by atoms with Crippen molar-refractivity contribution in [2.75, 3.05) is 25.1 Å². The summed E-state index contributed by atoms with van der Waals surface area (Å²) in [6.45, 7) is 1.83. The number of amides is 1. The standard InChI is InChI=1S/C13H18N2O3/c16-13(15-11-3-1-6-14-9-11)5-8-17-10-12-4-2-7-18-12/h1,3,6,9,12H,2,4-5,7-8,10H2,(H,15,16)/t12-/m0/s1. The average Bonchev–Trinajstić information content (AvgIpc) is 2.89. The molecule has 0 radical (unpaired) electrons. The van der Waals surface area contributed by atoms with Gasteiger partial charge in [0.2, 0.25) is 5.91 Å². The summed E-state index contributed by atoms with van der Waals surface area (Å²) in [5.41, 5.74) is 0.710. The molecule has 5 nitrogen and oxygen atoms in total. The number of rotatable bonds is 6. The van der Waals surface area contributed by atoms with Crippen LogP contribution >= 0.6 is 0 Å². The fraction of sp³-hybridized carbons (Fsp3) is 0.538. The molecule has 2 rings (SSSR count). The number of pyridine rings is 1. The third-order valence-electron chi connectivity index (χ3n) is 2.75. The minimum atomic E-state index is -0.0599. The second-order valence-electron chi connectivity index (χ2n) is 4.25. The molecule has 0 aliphatic carbocycles. The van der Waals surface area contributed by atoms with Gasteiger partial charge in [0, 0.05) is 12.8 Å². The molecular weight excluding hydrogens is 232 g/mol. The number of aromatic nitrogens is 1. The van der Waals surface area contributed by atoms with Crippen LogP contribution in [0.15, 0.2) is 24.5 Å². The molecular formula is C13H18N2O3. The van der Waals surface area contributed by atoms with Crippen LogP contribution in [-0.4, -0.2) is 36.8 Å². The largest absolute Gasteiger partial charge is 0.378 e. The van der Waals surface area contributed by atoms with Gasteiger partial charge >= 0.3 is 0 Å². The molecule has 1 aromatic rings. The molecule has 1 atom stereocenters. The molecule has 2 heterocycles. The summed E-state index contributed by atoms with van der Waals surface area (Å²) in [5, 5.41) is 2.76. The minimum absolute atomic E-state index is 0.0599. The molecule has 1 amide bonds. The second kappa shape index (κ2) is 7.08. The van der Waals surface area contributed by atoms with Crippen LogP contribution in [0.3, 0.4) is 0 Å². The summed E-state index contributed by atoms with van der Waals surface area (Å²) in [4.78, 5) is 15.5. The molecule has 0 aromatic carbocycles. The lowest BCUT2D eigenvalue weighted by atomic mass is 10.2. The monoisotopic (exact) mass is 250 g/mol. The van der Waals surface area contributed by atoms with Crippen molar-refractivity contribution in [2.24, 2.45) is 0 Å². The first-order valence-corrected chi connectivity index (χ1v) is 6.24. The quantitative estimate of drug-likeness (QED) is 0.779. The van der Waals surface area contributed by atoms with Crippen molar-refractivity contribution in [1.82, 2.24) is 4.98 Å². The van der Waals surface area contributed by atoms with Crippen LogP contribution in [0.4, 0.5) is 5.69 Å². The Kier molecular flexibility index (Phi) is 5.11. The van der Waals surface area contributed by atoms with Crippen LogP contribution in [0, 0.1) is 0 Å². The van der Waals surface area contributed by atoms with Crippen molar-refractivity contribution in [2.45, 2.75) is 25.4 Å². The zero-order valence-corrected chi connectivity index (χ0v) is 10.3. The predicted octanol–water partition coefficient (Wildman–Crippen LogP) is 1.61. The van der Waals surface area contributed by atoms with Gasteiger partial charge in [-0.2, -0.15) is 0 Å². The number of anilines is 1. The lowest BCUT2D eigenvalue weighted by Gasteiger charge is -2.10. The Balaban J connectivity index is 1.57. The van der Waals surface area contributed by atoms with Gasteiger partial charge in [-0.05, 0) is 25.0 Å². The topological polar surface area (TPSA) is 60.5 Å². The lowest BCUT2D eigenvalue weighted by molar-refractivity contribution is -0.117. The van der Waals surface area contributed by atoms with Crippen LogP contribution in [-0.2, 0) is 14.3 Å². The summed E-state index contributed by atoms with van der Waals surface area (Å²) >= 11 is 0. The molecule has 0 saturated carbocycles. The van der Waals surface area contributed by atoms with Crippen LogP contribution in [0.2, 0.25) is 0 Å². The van der Waals surface area contributed by atoms with Gasteiger partial charge in [-0.3, -0.25) is 9.78 Å². The van der Waals surface area contributed by atoms with E-state index in [0.29, 0.717) is 25.3 Å². The van der Waals surface area contributed by atoms with E-state index in [9.17, 15) is 4.79 Å². The molecule has 0 bridgehead atoms. The number of hydrogen-bond acceptors (Lipinski definition) is 4. The fourth-order valence-electron chi connectivity index (χ4n) is 1.82. The van der Waals surface area contributed by atoms with E-state index in [1.165, 1.54) is 0 Å². The maximum atomic E-state index is 11.6. The Hall–Kier alpha value is -1.46. The Morgan fingerprint density at radius 1 is 1.61 bits per heavy atom. The second-order valence-corrected chi connectivity index (χ2v) is 4.25. The van der Waals surface area contributed by atoms with Crippen LogP contribution in [0.25, 0.3) is 0 Å². The summed E-state index contributed by atoms with van der Waals surface area (Å²) in [5.74, 6) is -0.0599. The first kappa shape index (κ1) is 13.0. The Morgan fingerprint density at radius 2 is 2.56 bits per heavy atom. The zero-order chi connectivity index (χ0) is 12.6. The molecule has 0 unspecified atom stereocenters. The summed E-state index contributed by atoms with van der Waals surface area (Å²) in [7, 11) is 0. The molecule has 1 N–H and O–H groups in total. The Labute approximate surface area is 107 Å². The third-order valence-corrected chi connectivity index (χ3v) is 2.75. The van der Waals surface area contributed by atoms with Crippen molar-refractivity contribution in [3.63, 3.8) is 0 Å². The number of ether oxygens (including phenoxy) is 2. The lowest BCUT2D eigenvalue weighted by Crippen LogP contribution is -2.18. The normalized spacial score (nSPS) is 18.8. The van der Waals surface area contributed by atoms with E-state index in [1.807, 2.05) is 0 Å². The highest BCUT2D eigenvalue weighted by atomic mass is 16.5. The van der Waals surface area contributed by atoms with Gasteiger partial charge in [0.05, 0.1) is 37.6 Å².